The van der Waals surface area contributed by atoms with E-state index < -0.39 is 11.9 Å². The molecule has 4 rings (SSSR count). The highest BCUT2D eigenvalue weighted by molar-refractivity contribution is 8.00. The molecule has 0 aliphatic carbocycles. The number of nitrogens with zero attached hydrogens (tertiary/aromatic N) is 4. The summed E-state index contributed by atoms with van der Waals surface area (Å²) in [4.78, 5) is 42.6. The maximum Gasteiger partial charge on any atom is 0.317 e. The van der Waals surface area contributed by atoms with E-state index in [4.69, 9.17) is 0 Å². The molecule has 13 nitrogen and oxygen atoms in total. The quantitative estimate of drug-likeness (QED) is 0.180. The van der Waals surface area contributed by atoms with Gasteiger partial charge in [-0.25, -0.2) is 0 Å². The van der Waals surface area contributed by atoms with Crippen LogP contribution in [0.3, 0.4) is 0 Å². The second kappa shape index (κ2) is 15.8. The van der Waals surface area contributed by atoms with E-state index in [1.165, 1.54) is 0 Å². The first-order chi connectivity index (χ1) is 20.2. The van der Waals surface area contributed by atoms with Crippen molar-refractivity contribution in [2.75, 3.05) is 90.0 Å². The van der Waals surface area contributed by atoms with E-state index in [0.29, 0.717) is 69.8 Å². The fraction of sp³-hybridized carbons (Fsp3) is 0.679. The van der Waals surface area contributed by atoms with Gasteiger partial charge in [0.2, 0.25) is 5.91 Å². The number of hydrogen-bond donors (Lipinski definition) is 6. The number of anilines is 1. The van der Waals surface area contributed by atoms with Crippen LogP contribution in [0.25, 0.3) is 0 Å². The standard InChI is InChI=1S/C28H44N6O7S/c35-18-31-5-6-32(19-36)9-10-34(16-27(40)41)23(14-33(8-7-31)15-26(38)39)11-20-1-3-22(4-2-20)29-13-24-28-21(17-42-24)12-25(37)30-28/h1-4,21,23-24,28-29,35-36H,5-19H2,(H,30,37)(H,38,39)(H,40,41). The van der Waals surface area contributed by atoms with Crippen molar-refractivity contribution in [2.24, 2.45) is 5.92 Å². The number of carbonyl (C=O) groups excluding carboxylic acids is 1. The number of fused-ring (bicyclic) bond motifs is 1. The number of amides is 1. The fourth-order valence-electron chi connectivity index (χ4n) is 6.01. The van der Waals surface area contributed by atoms with Gasteiger partial charge in [-0.1, -0.05) is 12.1 Å². The number of hydrogen-bond acceptors (Lipinski definition) is 11. The molecule has 14 heteroatoms. The molecule has 3 aliphatic rings. The number of aliphatic hydroxyl groups excluding tert-OH is 2. The highest BCUT2D eigenvalue weighted by atomic mass is 32.2. The Morgan fingerprint density at radius 2 is 1.52 bits per heavy atom. The molecule has 0 aromatic heterocycles. The zero-order valence-electron chi connectivity index (χ0n) is 23.9. The highest BCUT2D eigenvalue weighted by Gasteiger charge is 2.43. The van der Waals surface area contributed by atoms with Gasteiger partial charge in [0, 0.05) is 81.8 Å². The number of nitrogens with one attached hydrogen (secondary N) is 2. The smallest absolute Gasteiger partial charge is 0.317 e. The Kier molecular flexibility index (Phi) is 12.2. The van der Waals surface area contributed by atoms with Crippen LogP contribution in [-0.4, -0.2) is 160 Å². The van der Waals surface area contributed by atoms with E-state index in [2.05, 4.69) is 10.6 Å². The number of carboxylic acid groups (broad SMARTS) is 2. The number of aliphatic hydroxyl groups is 2. The molecule has 0 saturated carbocycles. The molecule has 4 atom stereocenters. The minimum absolute atomic E-state index is 0.139. The van der Waals surface area contributed by atoms with Crippen molar-refractivity contribution in [3.05, 3.63) is 29.8 Å². The normalized spacial score (nSPS) is 27.1. The van der Waals surface area contributed by atoms with Gasteiger partial charge >= 0.3 is 11.9 Å². The topological polar surface area (TPSA) is 169 Å². The number of benzene rings is 1. The van der Waals surface area contributed by atoms with Crippen molar-refractivity contribution in [3.63, 3.8) is 0 Å². The number of rotatable bonds is 11. The Bertz CT molecular complexity index is 1050. The molecular formula is C28H44N6O7S. The van der Waals surface area contributed by atoms with Crippen LogP contribution in [0, 0.1) is 5.92 Å². The fourth-order valence-corrected chi connectivity index (χ4v) is 7.53. The van der Waals surface area contributed by atoms with E-state index in [1.54, 1.807) is 9.80 Å². The van der Waals surface area contributed by atoms with Crippen LogP contribution in [0.5, 0.6) is 0 Å². The summed E-state index contributed by atoms with van der Waals surface area (Å²) >= 11 is 1.89. The summed E-state index contributed by atoms with van der Waals surface area (Å²) in [5, 5.41) is 45.9. The van der Waals surface area contributed by atoms with Crippen LogP contribution in [0.1, 0.15) is 12.0 Å². The van der Waals surface area contributed by atoms with Gasteiger partial charge in [-0.15, -0.1) is 0 Å². The number of carboxylic acids is 2. The van der Waals surface area contributed by atoms with Crippen molar-refractivity contribution in [1.29, 1.82) is 0 Å². The Morgan fingerprint density at radius 3 is 2.14 bits per heavy atom. The summed E-state index contributed by atoms with van der Waals surface area (Å²) in [6.07, 6.45) is 1.13. The average Bonchev–Trinajstić information content (AvgIpc) is 3.50. The van der Waals surface area contributed by atoms with Crippen LogP contribution >= 0.6 is 11.8 Å². The number of aliphatic carboxylic acids is 2. The SMILES string of the molecule is O=C(O)CN1CCN(CO)CCN(CO)CCN(CC(=O)O)C(Cc2ccc(NCC3SCC4CC(=O)NC43)cc2)C1. The van der Waals surface area contributed by atoms with Crippen LogP contribution in [-0.2, 0) is 20.8 Å². The molecule has 1 amide bonds. The number of thioether (sulfide) groups is 1. The molecule has 3 heterocycles. The summed E-state index contributed by atoms with van der Waals surface area (Å²) in [7, 11) is 0. The second-order valence-electron chi connectivity index (χ2n) is 11.4. The molecule has 3 saturated heterocycles. The molecule has 1 aromatic rings. The van der Waals surface area contributed by atoms with Gasteiger partial charge in [-0.05, 0) is 35.8 Å². The van der Waals surface area contributed by atoms with Crippen molar-refractivity contribution in [3.8, 4) is 0 Å². The van der Waals surface area contributed by atoms with Crippen molar-refractivity contribution >= 4 is 35.3 Å². The molecule has 4 unspecified atom stereocenters. The first-order valence-electron chi connectivity index (χ1n) is 14.5. The maximum atomic E-state index is 11.9. The van der Waals surface area contributed by atoms with Gasteiger partial charge in [0.1, 0.15) is 0 Å². The third kappa shape index (κ3) is 9.53. The van der Waals surface area contributed by atoms with Crippen molar-refractivity contribution < 1.29 is 34.8 Å². The molecule has 234 valence electrons. The lowest BCUT2D eigenvalue weighted by atomic mass is 10.0. The van der Waals surface area contributed by atoms with Gasteiger partial charge < -0.3 is 31.1 Å². The summed E-state index contributed by atoms with van der Waals surface area (Å²) in [6.45, 7) is 2.98. The highest BCUT2D eigenvalue weighted by Crippen LogP contribution is 2.37. The van der Waals surface area contributed by atoms with Crippen LogP contribution < -0.4 is 10.6 Å². The van der Waals surface area contributed by atoms with E-state index in [-0.39, 0.29) is 44.5 Å². The Balaban J connectivity index is 1.46. The second-order valence-corrected chi connectivity index (χ2v) is 12.6. The Hall–Kier alpha value is -2.46. The lowest BCUT2D eigenvalue weighted by Gasteiger charge is -2.37. The molecule has 6 N–H and O–H groups in total. The zero-order chi connectivity index (χ0) is 30.1. The summed E-state index contributed by atoms with van der Waals surface area (Å²) in [6, 6.07) is 7.94. The number of carbonyl (C=O) groups is 3. The van der Waals surface area contributed by atoms with Gasteiger partial charge in [-0.2, -0.15) is 11.8 Å². The van der Waals surface area contributed by atoms with Gasteiger partial charge in [0.05, 0.1) is 26.6 Å². The van der Waals surface area contributed by atoms with Crippen molar-refractivity contribution in [2.45, 2.75) is 30.2 Å². The van der Waals surface area contributed by atoms with Crippen LogP contribution in [0.4, 0.5) is 5.69 Å². The molecule has 3 aliphatic heterocycles. The lowest BCUT2D eigenvalue weighted by molar-refractivity contribution is -0.141. The average molecular weight is 609 g/mol. The van der Waals surface area contributed by atoms with E-state index in [0.717, 1.165) is 23.5 Å². The van der Waals surface area contributed by atoms with E-state index in [9.17, 15) is 34.8 Å². The predicted octanol–water partition coefficient (Wildman–Crippen LogP) is -1.08. The minimum Gasteiger partial charge on any atom is -0.480 e. The van der Waals surface area contributed by atoms with E-state index in [1.807, 2.05) is 45.8 Å². The third-order valence-electron chi connectivity index (χ3n) is 8.39. The van der Waals surface area contributed by atoms with Gasteiger partial charge in [0.15, 0.2) is 0 Å². The van der Waals surface area contributed by atoms with Crippen LogP contribution in [0.2, 0.25) is 0 Å². The van der Waals surface area contributed by atoms with E-state index >= 15 is 0 Å². The first kappa shape index (κ1) is 32.5. The van der Waals surface area contributed by atoms with Gasteiger partial charge in [0.25, 0.3) is 0 Å². The monoisotopic (exact) mass is 608 g/mol. The van der Waals surface area contributed by atoms with Crippen molar-refractivity contribution in [1.82, 2.24) is 24.9 Å². The molecule has 0 bridgehead atoms. The Morgan fingerprint density at radius 1 is 0.905 bits per heavy atom. The molecule has 0 radical (unpaired) electrons. The summed E-state index contributed by atoms with van der Waals surface area (Å²) in [5.41, 5.74) is 1.96. The molecule has 1 aromatic carbocycles. The van der Waals surface area contributed by atoms with Crippen LogP contribution in [0.15, 0.2) is 24.3 Å². The maximum absolute atomic E-state index is 11.9. The lowest BCUT2D eigenvalue weighted by Crippen LogP contribution is -2.53. The third-order valence-corrected chi connectivity index (χ3v) is 9.90. The predicted molar refractivity (Wildman–Crippen MR) is 159 cm³/mol. The molecule has 0 spiro atoms. The zero-order valence-corrected chi connectivity index (χ0v) is 24.8. The molecule has 42 heavy (non-hydrogen) atoms. The Labute approximate surface area is 250 Å². The molecule has 3 fully saturated rings. The minimum atomic E-state index is -0.969. The van der Waals surface area contributed by atoms with Gasteiger partial charge in [-0.3, -0.25) is 34.0 Å². The largest absolute Gasteiger partial charge is 0.480 e. The summed E-state index contributed by atoms with van der Waals surface area (Å²) < 4.78 is 0. The summed E-state index contributed by atoms with van der Waals surface area (Å²) in [5.74, 6) is -0.389. The molecular weight excluding hydrogens is 564 g/mol. The first-order valence-corrected chi connectivity index (χ1v) is 15.6.